The largest absolute Gasteiger partial charge is 0.481 e. The second-order valence-corrected chi connectivity index (χ2v) is 6.98. The van der Waals surface area contributed by atoms with Gasteiger partial charge < -0.3 is 10.0 Å². The zero-order chi connectivity index (χ0) is 14.8. The number of nitrogens with zero attached hydrogens (tertiary/aromatic N) is 4. The van der Waals surface area contributed by atoms with Gasteiger partial charge in [0.2, 0.25) is 5.95 Å². The first-order chi connectivity index (χ1) is 10.1. The predicted octanol–water partition coefficient (Wildman–Crippen LogP) is 2.49. The van der Waals surface area contributed by atoms with Gasteiger partial charge in [0, 0.05) is 18.0 Å². The fraction of sp³-hybridized carbons (Fsp3) is 0.462. The third kappa shape index (κ3) is 3.38. The first-order valence-electron chi connectivity index (χ1n) is 6.68. The monoisotopic (exact) mass is 324 g/mol. The predicted molar refractivity (Wildman–Crippen MR) is 83.1 cm³/mol. The maximum absolute atomic E-state index is 10.7. The van der Waals surface area contributed by atoms with Gasteiger partial charge in [-0.3, -0.25) is 9.36 Å². The van der Waals surface area contributed by atoms with Gasteiger partial charge in [0.25, 0.3) is 0 Å². The van der Waals surface area contributed by atoms with Crippen LogP contribution in [0.1, 0.15) is 23.8 Å². The molecule has 1 saturated carbocycles. The number of rotatable bonds is 7. The van der Waals surface area contributed by atoms with E-state index in [1.54, 1.807) is 11.3 Å². The molecule has 0 bridgehead atoms. The Balaban J connectivity index is 1.79. The van der Waals surface area contributed by atoms with Crippen LogP contribution in [0.25, 0.3) is 0 Å². The van der Waals surface area contributed by atoms with Crippen LogP contribution in [-0.2, 0) is 11.3 Å². The highest BCUT2D eigenvalue weighted by atomic mass is 32.2. The van der Waals surface area contributed by atoms with Gasteiger partial charge in [0.15, 0.2) is 5.16 Å². The lowest BCUT2D eigenvalue weighted by atomic mass is 10.4. The average Bonchev–Trinajstić information content (AvgIpc) is 2.99. The molecule has 1 aliphatic rings. The van der Waals surface area contributed by atoms with Gasteiger partial charge >= 0.3 is 5.97 Å². The molecule has 1 N–H and O–H groups in total. The molecule has 2 aromatic rings. The van der Waals surface area contributed by atoms with Gasteiger partial charge in [-0.15, -0.1) is 21.5 Å². The van der Waals surface area contributed by atoms with Crippen molar-refractivity contribution in [2.24, 2.45) is 0 Å². The molecule has 3 rings (SSSR count). The SMILES string of the molecule is CN(Cc1cccs1)c1nnc(SCC(=O)O)n1C1CC1. The third-order valence-electron chi connectivity index (χ3n) is 3.20. The molecule has 2 aromatic heterocycles. The van der Waals surface area contributed by atoms with Gasteiger partial charge in [-0.25, -0.2) is 0 Å². The van der Waals surface area contributed by atoms with Crippen molar-refractivity contribution >= 4 is 35.0 Å². The second kappa shape index (κ2) is 6.07. The van der Waals surface area contributed by atoms with Crippen molar-refractivity contribution in [3.8, 4) is 0 Å². The molecule has 2 heterocycles. The lowest BCUT2D eigenvalue weighted by Gasteiger charge is -2.18. The Morgan fingerprint density at radius 1 is 1.57 bits per heavy atom. The highest BCUT2D eigenvalue weighted by Crippen LogP contribution is 2.40. The van der Waals surface area contributed by atoms with Crippen molar-refractivity contribution in [1.82, 2.24) is 14.8 Å². The van der Waals surface area contributed by atoms with Gasteiger partial charge in [0.1, 0.15) is 0 Å². The number of carbonyl (C=O) groups is 1. The topological polar surface area (TPSA) is 71.2 Å². The van der Waals surface area contributed by atoms with Crippen LogP contribution in [0.3, 0.4) is 0 Å². The maximum Gasteiger partial charge on any atom is 0.313 e. The molecule has 0 aliphatic heterocycles. The number of thioether (sulfide) groups is 1. The van der Waals surface area contributed by atoms with Crippen LogP contribution in [0.2, 0.25) is 0 Å². The number of carboxylic acid groups (broad SMARTS) is 1. The lowest BCUT2D eigenvalue weighted by molar-refractivity contribution is -0.133. The minimum Gasteiger partial charge on any atom is -0.481 e. The number of anilines is 1. The van der Waals surface area contributed by atoms with E-state index in [0.29, 0.717) is 11.2 Å². The van der Waals surface area contributed by atoms with Crippen LogP contribution in [0.15, 0.2) is 22.7 Å². The van der Waals surface area contributed by atoms with E-state index in [9.17, 15) is 4.79 Å². The molecule has 21 heavy (non-hydrogen) atoms. The smallest absolute Gasteiger partial charge is 0.313 e. The van der Waals surface area contributed by atoms with E-state index in [0.717, 1.165) is 25.3 Å². The third-order valence-corrected chi connectivity index (χ3v) is 4.99. The molecular formula is C13H16N4O2S2. The fourth-order valence-corrected chi connectivity index (χ4v) is 3.59. The number of thiophene rings is 1. The molecule has 0 saturated heterocycles. The molecule has 6 nitrogen and oxygen atoms in total. The van der Waals surface area contributed by atoms with E-state index >= 15 is 0 Å². The van der Waals surface area contributed by atoms with Crippen molar-refractivity contribution in [2.45, 2.75) is 30.6 Å². The number of carboxylic acids is 1. The quantitative estimate of drug-likeness (QED) is 0.789. The summed E-state index contributed by atoms with van der Waals surface area (Å²) >= 11 is 2.95. The van der Waals surface area contributed by atoms with Crippen LogP contribution < -0.4 is 4.90 Å². The molecular weight excluding hydrogens is 308 g/mol. The number of aromatic nitrogens is 3. The Labute approximate surface area is 130 Å². The summed E-state index contributed by atoms with van der Waals surface area (Å²) in [7, 11) is 1.99. The molecule has 0 aromatic carbocycles. The first-order valence-corrected chi connectivity index (χ1v) is 8.54. The van der Waals surface area contributed by atoms with E-state index < -0.39 is 5.97 Å². The van der Waals surface area contributed by atoms with Crippen molar-refractivity contribution in [3.63, 3.8) is 0 Å². The summed E-state index contributed by atoms with van der Waals surface area (Å²) in [5.41, 5.74) is 0. The summed E-state index contributed by atoms with van der Waals surface area (Å²) in [6, 6.07) is 4.55. The van der Waals surface area contributed by atoms with Gasteiger partial charge in [0.05, 0.1) is 12.3 Å². The summed E-state index contributed by atoms with van der Waals surface area (Å²) in [5.74, 6) is -0.00270. The van der Waals surface area contributed by atoms with Crippen molar-refractivity contribution < 1.29 is 9.90 Å². The zero-order valence-corrected chi connectivity index (χ0v) is 13.2. The van der Waals surface area contributed by atoms with Crippen molar-refractivity contribution in [1.29, 1.82) is 0 Å². The average molecular weight is 324 g/mol. The summed E-state index contributed by atoms with van der Waals surface area (Å²) < 4.78 is 2.08. The fourth-order valence-electron chi connectivity index (χ4n) is 2.11. The molecule has 1 aliphatic carbocycles. The minimum atomic E-state index is -0.834. The van der Waals surface area contributed by atoms with Crippen LogP contribution >= 0.6 is 23.1 Å². The van der Waals surface area contributed by atoms with E-state index in [4.69, 9.17) is 5.11 Å². The standard InChI is InChI=1S/C13H16N4O2S2/c1-16(7-10-3-2-6-20-10)12-14-15-13(21-8-11(18)19)17(12)9-4-5-9/h2-3,6,9H,4-5,7-8H2,1H3,(H,18,19). The number of aliphatic carboxylic acids is 1. The van der Waals surface area contributed by atoms with Gasteiger partial charge in [-0.05, 0) is 24.3 Å². The van der Waals surface area contributed by atoms with Crippen LogP contribution in [0.4, 0.5) is 5.95 Å². The molecule has 8 heteroatoms. The molecule has 0 amide bonds. The molecule has 1 fully saturated rings. The van der Waals surface area contributed by atoms with Crippen molar-refractivity contribution in [3.05, 3.63) is 22.4 Å². The number of hydrogen-bond acceptors (Lipinski definition) is 6. The van der Waals surface area contributed by atoms with E-state index in [1.807, 2.05) is 13.1 Å². The molecule has 112 valence electrons. The minimum absolute atomic E-state index is 0.0134. The molecule has 0 spiro atoms. The van der Waals surface area contributed by atoms with Crippen molar-refractivity contribution in [2.75, 3.05) is 17.7 Å². The van der Waals surface area contributed by atoms with Crippen LogP contribution in [-0.4, -0.2) is 38.6 Å². The Kier molecular flexibility index (Phi) is 4.16. The Bertz CT molecular complexity index is 622. The first kappa shape index (κ1) is 14.4. The Morgan fingerprint density at radius 2 is 2.38 bits per heavy atom. The normalized spacial score (nSPS) is 14.3. The lowest BCUT2D eigenvalue weighted by Crippen LogP contribution is -2.20. The summed E-state index contributed by atoms with van der Waals surface area (Å²) in [6.45, 7) is 0.784. The van der Waals surface area contributed by atoms with Crippen LogP contribution in [0, 0.1) is 0 Å². The van der Waals surface area contributed by atoms with E-state index in [-0.39, 0.29) is 5.75 Å². The van der Waals surface area contributed by atoms with Crippen LogP contribution in [0.5, 0.6) is 0 Å². The number of hydrogen-bond donors (Lipinski definition) is 1. The highest BCUT2D eigenvalue weighted by Gasteiger charge is 2.31. The molecule has 0 atom stereocenters. The maximum atomic E-state index is 10.7. The van der Waals surface area contributed by atoms with Gasteiger partial charge in [-0.1, -0.05) is 17.8 Å². The Morgan fingerprint density at radius 3 is 3.00 bits per heavy atom. The Hall–Kier alpha value is -1.54. The van der Waals surface area contributed by atoms with Gasteiger partial charge in [-0.2, -0.15) is 0 Å². The zero-order valence-electron chi connectivity index (χ0n) is 11.6. The summed E-state index contributed by atoms with van der Waals surface area (Å²) in [4.78, 5) is 14.1. The highest BCUT2D eigenvalue weighted by molar-refractivity contribution is 7.99. The van der Waals surface area contributed by atoms with E-state index in [1.165, 1.54) is 16.6 Å². The van der Waals surface area contributed by atoms with E-state index in [2.05, 4.69) is 31.1 Å². The summed E-state index contributed by atoms with van der Waals surface area (Å²) in [5, 5.41) is 20.0. The summed E-state index contributed by atoms with van der Waals surface area (Å²) in [6.07, 6.45) is 2.22. The molecule has 0 radical (unpaired) electrons. The molecule has 0 unspecified atom stereocenters. The second-order valence-electron chi connectivity index (χ2n) is 5.00.